The number of para-hydroxylation sites is 1. The minimum Gasteiger partial charge on any atom is -0.452 e. The summed E-state index contributed by atoms with van der Waals surface area (Å²) in [6.45, 7) is -0.312. The number of nitrogens with zero attached hydrogens (tertiary/aromatic N) is 2. The SMILES string of the molecule is O=C(COC(=O)/C=C/c1cn(-c2ccccc2)nc1-c1ccc(F)cc1)NC1CC1. The maximum atomic E-state index is 13.3. The number of hydrogen-bond acceptors (Lipinski definition) is 4. The number of benzene rings is 2. The summed E-state index contributed by atoms with van der Waals surface area (Å²) in [5.41, 5.74) is 2.81. The Balaban J connectivity index is 1.53. The lowest BCUT2D eigenvalue weighted by Crippen LogP contribution is -2.30. The average molecular weight is 405 g/mol. The molecule has 1 aliphatic carbocycles. The highest BCUT2D eigenvalue weighted by Gasteiger charge is 2.23. The normalized spacial score (nSPS) is 13.4. The van der Waals surface area contributed by atoms with Crippen molar-refractivity contribution in [2.45, 2.75) is 18.9 Å². The van der Waals surface area contributed by atoms with Crippen molar-refractivity contribution < 1.29 is 18.7 Å². The number of ether oxygens (including phenoxy) is 1. The number of carbonyl (C=O) groups excluding carboxylic acids is 2. The van der Waals surface area contributed by atoms with Crippen molar-refractivity contribution in [1.29, 1.82) is 0 Å². The van der Waals surface area contributed by atoms with E-state index in [9.17, 15) is 14.0 Å². The second-order valence-electron chi connectivity index (χ2n) is 7.00. The molecule has 4 rings (SSSR count). The molecule has 0 saturated heterocycles. The molecule has 1 aliphatic rings. The number of amides is 1. The second-order valence-corrected chi connectivity index (χ2v) is 7.00. The zero-order chi connectivity index (χ0) is 20.9. The van der Waals surface area contributed by atoms with Crippen LogP contribution in [0.25, 0.3) is 23.0 Å². The third-order valence-corrected chi connectivity index (χ3v) is 4.57. The lowest BCUT2D eigenvalue weighted by atomic mass is 10.1. The molecule has 152 valence electrons. The summed E-state index contributed by atoms with van der Waals surface area (Å²) in [5, 5.41) is 7.35. The van der Waals surface area contributed by atoms with Crippen LogP contribution in [0.2, 0.25) is 0 Å². The summed E-state index contributed by atoms with van der Waals surface area (Å²) >= 11 is 0. The molecule has 3 aromatic rings. The zero-order valence-corrected chi connectivity index (χ0v) is 16.1. The number of esters is 1. The molecule has 7 heteroatoms. The Bertz CT molecular complexity index is 1070. The fourth-order valence-corrected chi connectivity index (χ4v) is 2.89. The number of carbonyl (C=O) groups is 2. The van der Waals surface area contributed by atoms with Gasteiger partial charge in [-0.25, -0.2) is 13.9 Å². The largest absolute Gasteiger partial charge is 0.452 e. The fourth-order valence-electron chi connectivity index (χ4n) is 2.89. The van der Waals surface area contributed by atoms with Crippen LogP contribution in [0.5, 0.6) is 0 Å². The molecule has 1 amide bonds. The highest BCUT2D eigenvalue weighted by atomic mass is 19.1. The third kappa shape index (κ3) is 5.00. The topological polar surface area (TPSA) is 73.2 Å². The molecule has 30 heavy (non-hydrogen) atoms. The molecule has 2 aromatic carbocycles. The first-order chi connectivity index (χ1) is 14.6. The van der Waals surface area contributed by atoms with Crippen LogP contribution in [0.3, 0.4) is 0 Å². The molecule has 1 saturated carbocycles. The van der Waals surface area contributed by atoms with E-state index >= 15 is 0 Å². The predicted octanol–water partition coefficient (Wildman–Crippen LogP) is 3.51. The minimum absolute atomic E-state index is 0.217. The highest BCUT2D eigenvalue weighted by Crippen LogP contribution is 2.25. The molecule has 1 N–H and O–H groups in total. The van der Waals surface area contributed by atoms with Crippen LogP contribution >= 0.6 is 0 Å². The van der Waals surface area contributed by atoms with Crippen molar-refractivity contribution in [3.8, 4) is 16.9 Å². The van der Waals surface area contributed by atoms with Crippen molar-refractivity contribution in [3.63, 3.8) is 0 Å². The van der Waals surface area contributed by atoms with Crippen molar-refractivity contribution >= 4 is 18.0 Å². The van der Waals surface area contributed by atoms with Gasteiger partial charge in [-0.2, -0.15) is 5.10 Å². The molecular weight excluding hydrogens is 385 g/mol. The van der Waals surface area contributed by atoms with Gasteiger partial charge >= 0.3 is 5.97 Å². The van der Waals surface area contributed by atoms with Crippen molar-refractivity contribution in [3.05, 3.63) is 78.3 Å². The summed E-state index contributed by atoms with van der Waals surface area (Å²) in [5.74, 6) is -1.27. The first-order valence-electron chi connectivity index (χ1n) is 9.64. The van der Waals surface area contributed by atoms with Crippen LogP contribution in [0.1, 0.15) is 18.4 Å². The first-order valence-corrected chi connectivity index (χ1v) is 9.64. The molecule has 6 nitrogen and oxygen atoms in total. The van der Waals surface area contributed by atoms with Crippen LogP contribution in [0.15, 0.2) is 66.9 Å². The van der Waals surface area contributed by atoms with Gasteiger partial charge in [0.15, 0.2) is 6.61 Å². The van der Waals surface area contributed by atoms with Gasteiger partial charge in [-0.3, -0.25) is 4.79 Å². The molecule has 0 spiro atoms. The van der Waals surface area contributed by atoms with Gasteiger partial charge in [-0.1, -0.05) is 18.2 Å². The smallest absolute Gasteiger partial charge is 0.331 e. The van der Waals surface area contributed by atoms with Crippen molar-refractivity contribution in [1.82, 2.24) is 15.1 Å². The molecule has 0 bridgehead atoms. The van der Waals surface area contributed by atoms with Gasteiger partial charge in [-0.15, -0.1) is 0 Å². The van der Waals surface area contributed by atoms with Crippen LogP contribution < -0.4 is 5.32 Å². The molecule has 0 aliphatic heterocycles. The Hall–Kier alpha value is -3.74. The van der Waals surface area contributed by atoms with E-state index in [1.165, 1.54) is 18.2 Å². The van der Waals surface area contributed by atoms with E-state index in [4.69, 9.17) is 4.74 Å². The second kappa shape index (κ2) is 8.73. The third-order valence-electron chi connectivity index (χ3n) is 4.57. The van der Waals surface area contributed by atoms with Gasteiger partial charge in [0.2, 0.25) is 0 Å². The molecule has 0 atom stereocenters. The Morgan fingerprint density at radius 3 is 2.57 bits per heavy atom. The van der Waals surface area contributed by atoms with Crippen LogP contribution in [-0.4, -0.2) is 34.3 Å². The van der Waals surface area contributed by atoms with Crippen molar-refractivity contribution in [2.24, 2.45) is 0 Å². The van der Waals surface area contributed by atoms with Crippen LogP contribution in [0.4, 0.5) is 4.39 Å². The Kier molecular flexibility index (Phi) is 5.70. The average Bonchev–Trinajstić information content (AvgIpc) is 3.47. The van der Waals surface area contributed by atoms with E-state index in [2.05, 4.69) is 10.4 Å². The summed E-state index contributed by atoms with van der Waals surface area (Å²) in [4.78, 5) is 23.7. The van der Waals surface area contributed by atoms with Gasteiger partial charge in [0, 0.05) is 29.4 Å². The van der Waals surface area contributed by atoms with Crippen LogP contribution in [0, 0.1) is 5.82 Å². The molecule has 1 aromatic heterocycles. The van der Waals surface area contributed by atoms with E-state index in [0.29, 0.717) is 16.8 Å². The minimum atomic E-state index is -0.626. The Morgan fingerprint density at radius 1 is 1.13 bits per heavy atom. The lowest BCUT2D eigenvalue weighted by molar-refractivity contribution is -0.143. The van der Waals surface area contributed by atoms with E-state index in [1.807, 2.05) is 30.3 Å². The summed E-state index contributed by atoms with van der Waals surface area (Å²) in [6, 6.07) is 15.7. The van der Waals surface area contributed by atoms with E-state index in [-0.39, 0.29) is 24.4 Å². The number of halogens is 1. The molecule has 1 heterocycles. The number of nitrogens with one attached hydrogen (secondary N) is 1. The maximum absolute atomic E-state index is 13.3. The van der Waals surface area contributed by atoms with Gasteiger partial charge in [-0.05, 0) is 55.3 Å². The highest BCUT2D eigenvalue weighted by molar-refractivity contribution is 5.90. The van der Waals surface area contributed by atoms with Crippen molar-refractivity contribution in [2.75, 3.05) is 6.61 Å². The molecule has 0 radical (unpaired) electrons. The zero-order valence-electron chi connectivity index (χ0n) is 16.1. The standard InChI is InChI=1S/C23H20FN3O3/c24-18-9-6-16(7-10-18)23-17(14-27(26-23)20-4-2-1-3-5-20)8-13-22(29)30-15-21(28)25-19-11-12-19/h1-10,13-14,19H,11-12,15H2,(H,25,28)/b13-8+. The molecule has 0 unspecified atom stereocenters. The summed E-state index contributed by atoms with van der Waals surface area (Å²) in [7, 11) is 0. The molecular formula is C23H20FN3O3. The molecule has 1 fully saturated rings. The van der Waals surface area contributed by atoms with Gasteiger partial charge < -0.3 is 10.1 Å². The number of rotatable bonds is 7. The monoisotopic (exact) mass is 405 g/mol. The maximum Gasteiger partial charge on any atom is 0.331 e. The van der Waals surface area contributed by atoms with Gasteiger partial charge in [0.05, 0.1) is 11.4 Å². The number of aromatic nitrogens is 2. The lowest BCUT2D eigenvalue weighted by Gasteiger charge is -2.03. The summed E-state index contributed by atoms with van der Waals surface area (Å²) < 4.78 is 20.0. The predicted molar refractivity (Wildman–Crippen MR) is 110 cm³/mol. The van der Waals surface area contributed by atoms with Gasteiger partial charge in [0.25, 0.3) is 5.91 Å². The summed E-state index contributed by atoms with van der Waals surface area (Å²) in [6.07, 6.45) is 6.54. The number of hydrogen-bond donors (Lipinski definition) is 1. The van der Waals surface area contributed by atoms with E-state index in [0.717, 1.165) is 18.5 Å². The first kappa shape index (κ1) is 19.6. The Morgan fingerprint density at radius 2 is 1.87 bits per heavy atom. The van der Waals surface area contributed by atoms with E-state index in [1.54, 1.807) is 29.1 Å². The van der Waals surface area contributed by atoms with E-state index < -0.39 is 5.97 Å². The van der Waals surface area contributed by atoms with Gasteiger partial charge in [0.1, 0.15) is 5.82 Å². The fraction of sp³-hybridized carbons (Fsp3) is 0.174. The quantitative estimate of drug-likeness (QED) is 0.482. The van der Waals surface area contributed by atoms with Crippen LogP contribution in [-0.2, 0) is 14.3 Å². The Labute approximate surface area is 173 Å².